The number of rotatable bonds is 5. The average Bonchev–Trinajstić information content (AvgIpc) is 2.86. The smallest absolute Gasteiger partial charge is 0.339 e. The molecule has 0 spiro atoms. The Labute approximate surface area is 232 Å². The number of carbonyl (C=O) groups excluding carboxylic acids is 3. The minimum Gasteiger partial charge on any atom is -0.448 e. The van der Waals surface area contributed by atoms with Gasteiger partial charge >= 0.3 is 5.97 Å². The number of fused-ring (bicyclic) bond motifs is 1. The molecule has 0 aromatic heterocycles. The molecule has 0 radical (unpaired) electrons. The zero-order chi connectivity index (χ0) is 27.2. The van der Waals surface area contributed by atoms with Crippen LogP contribution in [0.4, 0.5) is 10.1 Å². The number of cyclic esters (lactones) is 1. The van der Waals surface area contributed by atoms with Crippen LogP contribution in [-0.2, 0) is 21.5 Å². The van der Waals surface area contributed by atoms with E-state index in [1.807, 2.05) is 24.3 Å². The van der Waals surface area contributed by atoms with Crippen molar-refractivity contribution in [3.8, 4) is 0 Å². The largest absolute Gasteiger partial charge is 0.448 e. The number of ether oxygens (including phenoxy) is 1. The molecule has 7 nitrogen and oxygen atoms in total. The average molecular weight is 601 g/mol. The standard InChI is InChI=1S/C28H24BrClFN3O4/c1-33(2)20-9-10-21(23(31)13-20)25(35)32-28(17-4-6-18(29)7-5-17)14-34(15-28)26(36)24-11-16-3-8-19(30)12-22(16)27(37)38-24/h3-10,12-13,24H,11,14-15H2,1-2H3,(H,32,35). The predicted octanol–water partition coefficient (Wildman–Crippen LogP) is 4.56. The van der Waals surface area contributed by atoms with Crippen LogP contribution in [0.3, 0.4) is 0 Å². The number of benzene rings is 3. The molecule has 196 valence electrons. The number of nitrogens with zero attached hydrogens (tertiary/aromatic N) is 2. The number of nitrogens with one attached hydrogen (secondary N) is 1. The molecule has 1 unspecified atom stereocenters. The van der Waals surface area contributed by atoms with Gasteiger partial charge in [-0.3, -0.25) is 9.59 Å². The van der Waals surface area contributed by atoms with Crippen molar-refractivity contribution in [1.82, 2.24) is 10.2 Å². The second-order valence-corrected chi connectivity index (χ2v) is 11.0. The first kappa shape index (κ1) is 26.2. The van der Waals surface area contributed by atoms with Crippen LogP contribution >= 0.6 is 27.5 Å². The lowest BCUT2D eigenvalue weighted by atomic mass is 9.81. The molecule has 3 aromatic rings. The molecule has 10 heteroatoms. The Morgan fingerprint density at radius 1 is 1.11 bits per heavy atom. The fourth-order valence-corrected chi connectivity index (χ4v) is 5.24. The van der Waals surface area contributed by atoms with Crippen molar-refractivity contribution in [2.24, 2.45) is 0 Å². The van der Waals surface area contributed by atoms with E-state index in [1.165, 1.54) is 23.1 Å². The normalized spacial score (nSPS) is 17.7. The molecule has 1 fully saturated rings. The number of anilines is 1. The van der Waals surface area contributed by atoms with E-state index >= 15 is 0 Å². The summed E-state index contributed by atoms with van der Waals surface area (Å²) in [7, 11) is 3.57. The fourth-order valence-electron chi connectivity index (χ4n) is 4.81. The fraction of sp³-hybridized carbons (Fsp3) is 0.250. The summed E-state index contributed by atoms with van der Waals surface area (Å²) in [5.74, 6) is -2.18. The van der Waals surface area contributed by atoms with Crippen LogP contribution < -0.4 is 10.2 Å². The van der Waals surface area contributed by atoms with Crippen molar-refractivity contribution in [3.63, 3.8) is 0 Å². The van der Waals surface area contributed by atoms with Crippen LogP contribution in [0, 0.1) is 5.82 Å². The Hall–Kier alpha value is -3.43. The summed E-state index contributed by atoms with van der Waals surface area (Å²) in [5, 5.41) is 3.38. The first-order chi connectivity index (χ1) is 18.1. The monoisotopic (exact) mass is 599 g/mol. The quantitative estimate of drug-likeness (QED) is 0.435. The molecule has 0 saturated carbocycles. The van der Waals surface area contributed by atoms with Gasteiger partial charge < -0.3 is 19.9 Å². The van der Waals surface area contributed by atoms with Crippen molar-refractivity contribution in [3.05, 3.63) is 98.2 Å². The molecule has 0 bridgehead atoms. The van der Waals surface area contributed by atoms with Crippen LogP contribution in [0.25, 0.3) is 0 Å². The third kappa shape index (κ3) is 4.88. The maximum atomic E-state index is 14.8. The SMILES string of the molecule is CN(C)c1ccc(C(=O)NC2(c3ccc(Br)cc3)CN(C(=O)C3Cc4ccc(Cl)cc4C(=O)O3)C2)c(F)c1. The van der Waals surface area contributed by atoms with E-state index in [-0.39, 0.29) is 31.0 Å². The number of halogens is 3. The van der Waals surface area contributed by atoms with Gasteiger partial charge in [0.15, 0.2) is 6.10 Å². The highest BCUT2D eigenvalue weighted by Gasteiger charge is 2.50. The summed E-state index contributed by atoms with van der Waals surface area (Å²) in [5.41, 5.74) is 1.41. The van der Waals surface area contributed by atoms with Crippen LogP contribution in [0.1, 0.15) is 31.8 Å². The summed E-state index contributed by atoms with van der Waals surface area (Å²) < 4.78 is 21.1. The minimum absolute atomic E-state index is 0.0895. The van der Waals surface area contributed by atoms with E-state index in [2.05, 4.69) is 21.2 Å². The molecule has 2 amide bonds. The maximum Gasteiger partial charge on any atom is 0.339 e. The molecule has 1 atom stereocenters. The predicted molar refractivity (Wildman–Crippen MR) is 145 cm³/mol. The van der Waals surface area contributed by atoms with E-state index in [4.69, 9.17) is 16.3 Å². The van der Waals surface area contributed by atoms with E-state index < -0.39 is 29.3 Å². The number of esters is 1. The van der Waals surface area contributed by atoms with E-state index in [9.17, 15) is 18.8 Å². The number of hydrogen-bond donors (Lipinski definition) is 1. The zero-order valence-corrected chi connectivity index (χ0v) is 23.0. The molecule has 38 heavy (non-hydrogen) atoms. The van der Waals surface area contributed by atoms with E-state index in [0.29, 0.717) is 21.8 Å². The lowest BCUT2D eigenvalue weighted by molar-refractivity contribution is -0.150. The number of hydrogen-bond acceptors (Lipinski definition) is 5. The van der Waals surface area contributed by atoms with Crippen LogP contribution in [0.5, 0.6) is 0 Å². The highest BCUT2D eigenvalue weighted by atomic mass is 79.9. The first-order valence-corrected chi connectivity index (χ1v) is 13.1. The lowest BCUT2D eigenvalue weighted by Gasteiger charge is -2.51. The van der Waals surface area contributed by atoms with Gasteiger partial charge in [0, 0.05) is 48.8 Å². The molecule has 1 N–H and O–H groups in total. The number of carbonyl (C=O) groups is 3. The maximum absolute atomic E-state index is 14.8. The van der Waals surface area contributed by atoms with Crippen LogP contribution in [0.15, 0.2) is 65.1 Å². The third-order valence-electron chi connectivity index (χ3n) is 6.92. The summed E-state index contributed by atoms with van der Waals surface area (Å²) in [6, 6.07) is 16.7. The lowest BCUT2D eigenvalue weighted by Crippen LogP contribution is -2.70. The molecule has 2 aliphatic rings. The highest BCUT2D eigenvalue weighted by molar-refractivity contribution is 9.10. The highest BCUT2D eigenvalue weighted by Crippen LogP contribution is 2.35. The Bertz CT molecular complexity index is 1440. The van der Waals surface area contributed by atoms with Gasteiger partial charge in [-0.25, -0.2) is 9.18 Å². The molecule has 5 rings (SSSR count). The zero-order valence-electron chi connectivity index (χ0n) is 20.6. The molecule has 0 aliphatic carbocycles. The van der Waals surface area contributed by atoms with E-state index in [0.717, 1.165) is 10.0 Å². The van der Waals surface area contributed by atoms with Crippen molar-refractivity contribution in [2.45, 2.75) is 18.1 Å². The summed E-state index contributed by atoms with van der Waals surface area (Å²) in [6.45, 7) is 0.274. The molecule has 1 saturated heterocycles. The van der Waals surface area contributed by atoms with Crippen LogP contribution in [0.2, 0.25) is 5.02 Å². The summed E-state index contributed by atoms with van der Waals surface area (Å²) in [4.78, 5) is 42.3. The van der Waals surface area contributed by atoms with Gasteiger partial charge in [-0.2, -0.15) is 0 Å². The van der Waals surface area contributed by atoms with Crippen molar-refractivity contribution < 1.29 is 23.5 Å². The van der Waals surface area contributed by atoms with Gasteiger partial charge in [0.05, 0.1) is 11.1 Å². The summed E-state index contributed by atoms with van der Waals surface area (Å²) in [6.07, 6.45) is -0.750. The Balaban J connectivity index is 1.36. The second-order valence-electron chi connectivity index (χ2n) is 9.70. The van der Waals surface area contributed by atoms with Gasteiger partial charge in [0.25, 0.3) is 11.8 Å². The van der Waals surface area contributed by atoms with Gasteiger partial charge in [0.2, 0.25) is 0 Å². The van der Waals surface area contributed by atoms with Crippen molar-refractivity contribution in [1.29, 1.82) is 0 Å². The first-order valence-electron chi connectivity index (χ1n) is 11.9. The molecule has 2 aliphatic heterocycles. The van der Waals surface area contributed by atoms with Gasteiger partial charge in [-0.15, -0.1) is 0 Å². The topological polar surface area (TPSA) is 79.0 Å². The number of likely N-dealkylation sites (tertiary alicyclic amines) is 1. The Morgan fingerprint density at radius 3 is 2.47 bits per heavy atom. The van der Waals surface area contributed by atoms with Crippen LogP contribution in [-0.4, -0.2) is 56.0 Å². The van der Waals surface area contributed by atoms with Gasteiger partial charge in [0.1, 0.15) is 11.4 Å². The third-order valence-corrected chi connectivity index (χ3v) is 7.68. The van der Waals surface area contributed by atoms with Gasteiger partial charge in [-0.1, -0.05) is 45.7 Å². The molecular formula is C28H24BrClFN3O4. The second kappa shape index (κ2) is 10.0. The Kier molecular flexibility index (Phi) is 6.92. The van der Waals surface area contributed by atoms with Crippen molar-refractivity contribution in [2.75, 3.05) is 32.1 Å². The van der Waals surface area contributed by atoms with Crippen molar-refractivity contribution >= 4 is 51.0 Å². The summed E-state index contributed by atoms with van der Waals surface area (Å²) >= 11 is 9.41. The Morgan fingerprint density at radius 2 is 1.82 bits per heavy atom. The number of amides is 2. The van der Waals surface area contributed by atoms with E-state index in [1.54, 1.807) is 37.2 Å². The van der Waals surface area contributed by atoms with Gasteiger partial charge in [-0.05, 0) is 53.6 Å². The molecular weight excluding hydrogens is 577 g/mol. The minimum atomic E-state index is -0.981. The molecule has 3 aromatic carbocycles. The molecule has 2 heterocycles.